The Bertz CT molecular complexity index is 919. The summed E-state index contributed by atoms with van der Waals surface area (Å²) in [5.74, 6) is 0.103. The zero-order valence-electron chi connectivity index (χ0n) is 12.5. The van der Waals surface area contributed by atoms with E-state index >= 15 is 0 Å². The molecule has 4 nitrogen and oxygen atoms in total. The Labute approximate surface area is 135 Å². The average molecular weight is 334 g/mol. The van der Waals surface area contributed by atoms with Crippen LogP contribution >= 0.6 is 0 Å². The smallest absolute Gasteiger partial charge is 0.416 e. The Morgan fingerprint density at radius 1 is 1.08 bits per heavy atom. The van der Waals surface area contributed by atoms with E-state index in [2.05, 4.69) is 4.98 Å². The highest BCUT2D eigenvalue weighted by Gasteiger charge is 2.30. The van der Waals surface area contributed by atoms with Crippen molar-refractivity contribution in [2.45, 2.75) is 12.7 Å². The van der Waals surface area contributed by atoms with Gasteiger partial charge < -0.3 is 4.74 Å². The highest BCUT2D eigenvalue weighted by molar-refractivity contribution is 5.76. The van der Waals surface area contributed by atoms with Crippen LogP contribution in [0.2, 0.25) is 0 Å². The molecule has 0 saturated heterocycles. The van der Waals surface area contributed by atoms with E-state index in [9.17, 15) is 18.0 Å². The summed E-state index contributed by atoms with van der Waals surface area (Å²) in [6, 6.07) is 11.6. The molecule has 0 aliphatic carbocycles. The fourth-order valence-corrected chi connectivity index (χ4v) is 2.29. The zero-order valence-corrected chi connectivity index (χ0v) is 12.5. The van der Waals surface area contributed by atoms with Crippen LogP contribution < -0.4 is 10.3 Å². The number of nitrogens with zero attached hydrogens (tertiary/aromatic N) is 2. The minimum Gasteiger partial charge on any atom is -0.492 e. The van der Waals surface area contributed by atoms with Crippen molar-refractivity contribution in [1.82, 2.24) is 9.55 Å². The summed E-state index contributed by atoms with van der Waals surface area (Å²) in [5, 5.41) is 0.485. The molecule has 0 unspecified atom stereocenters. The number of hydrogen-bond donors (Lipinski definition) is 0. The van der Waals surface area contributed by atoms with Gasteiger partial charge in [0.05, 0.1) is 29.3 Å². The molecule has 0 amide bonds. The molecular weight excluding hydrogens is 321 g/mol. The molecule has 7 heteroatoms. The summed E-state index contributed by atoms with van der Waals surface area (Å²) >= 11 is 0. The highest BCUT2D eigenvalue weighted by Crippen LogP contribution is 2.31. The third-order valence-electron chi connectivity index (χ3n) is 3.49. The Hall–Kier alpha value is -2.83. The van der Waals surface area contributed by atoms with E-state index in [1.165, 1.54) is 23.0 Å². The largest absolute Gasteiger partial charge is 0.492 e. The first-order valence-corrected chi connectivity index (χ1v) is 7.19. The van der Waals surface area contributed by atoms with E-state index in [1.807, 2.05) is 0 Å². The molecule has 0 aliphatic rings. The number of halogens is 3. The molecule has 0 radical (unpaired) electrons. The van der Waals surface area contributed by atoms with Gasteiger partial charge in [-0.15, -0.1) is 0 Å². The quantitative estimate of drug-likeness (QED) is 0.733. The fourth-order valence-electron chi connectivity index (χ4n) is 2.29. The Morgan fingerprint density at radius 2 is 1.88 bits per heavy atom. The van der Waals surface area contributed by atoms with Crippen LogP contribution in [0, 0.1) is 0 Å². The lowest BCUT2D eigenvalue weighted by molar-refractivity contribution is -0.137. The third kappa shape index (κ3) is 3.40. The summed E-state index contributed by atoms with van der Waals surface area (Å²) < 4.78 is 44.6. The van der Waals surface area contributed by atoms with Crippen molar-refractivity contribution < 1.29 is 17.9 Å². The van der Waals surface area contributed by atoms with Gasteiger partial charge in [0.25, 0.3) is 5.56 Å². The number of rotatable bonds is 4. The van der Waals surface area contributed by atoms with Gasteiger partial charge >= 0.3 is 6.18 Å². The van der Waals surface area contributed by atoms with Crippen molar-refractivity contribution in [2.75, 3.05) is 6.61 Å². The molecule has 3 rings (SSSR count). The lowest BCUT2D eigenvalue weighted by Gasteiger charge is -2.11. The Kier molecular flexibility index (Phi) is 4.24. The normalized spacial score (nSPS) is 11.6. The molecule has 124 valence electrons. The van der Waals surface area contributed by atoms with Crippen molar-refractivity contribution >= 4 is 10.9 Å². The first kappa shape index (κ1) is 16.0. The molecule has 0 aliphatic heterocycles. The van der Waals surface area contributed by atoms with E-state index < -0.39 is 11.7 Å². The molecule has 1 heterocycles. The molecule has 0 atom stereocenters. The summed E-state index contributed by atoms with van der Waals surface area (Å²) in [5.41, 5.74) is -0.393. The van der Waals surface area contributed by atoms with Crippen molar-refractivity contribution in [3.05, 3.63) is 70.8 Å². The average Bonchev–Trinajstić information content (AvgIpc) is 2.57. The predicted octanol–water partition coefficient (Wildman–Crippen LogP) is 3.49. The Morgan fingerprint density at radius 3 is 2.67 bits per heavy atom. The maximum atomic E-state index is 12.6. The third-order valence-corrected chi connectivity index (χ3v) is 3.49. The number of ether oxygens (including phenoxy) is 1. The van der Waals surface area contributed by atoms with Crippen molar-refractivity contribution in [1.29, 1.82) is 0 Å². The first-order valence-electron chi connectivity index (χ1n) is 7.19. The van der Waals surface area contributed by atoms with Crippen LogP contribution in [0.4, 0.5) is 13.2 Å². The summed E-state index contributed by atoms with van der Waals surface area (Å²) in [4.78, 5) is 16.4. The Balaban J connectivity index is 1.71. The number of benzene rings is 2. The summed E-state index contributed by atoms with van der Waals surface area (Å²) in [7, 11) is 0. The van der Waals surface area contributed by atoms with Gasteiger partial charge in [-0.1, -0.05) is 18.2 Å². The van der Waals surface area contributed by atoms with Gasteiger partial charge in [-0.2, -0.15) is 13.2 Å². The van der Waals surface area contributed by atoms with Gasteiger partial charge in [0.2, 0.25) is 0 Å². The minimum atomic E-state index is -4.42. The molecule has 0 saturated carbocycles. The molecular formula is C17H13F3N2O2. The second-order valence-corrected chi connectivity index (χ2v) is 5.13. The molecule has 0 fully saturated rings. The molecule has 1 aromatic heterocycles. The van der Waals surface area contributed by atoms with Crippen LogP contribution in [-0.2, 0) is 12.7 Å². The van der Waals surface area contributed by atoms with Crippen LogP contribution in [0.1, 0.15) is 5.56 Å². The molecule has 0 bridgehead atoms. The van der Waals surface area contributed by atoms with E-state index in [-0.39, 0.29) is 24.5 Å². The van der Waals surface area contributed by atoms with Gasteiger partial charge in [0.1, 0.15) is 12.4 Å². The maximum Gasteiger partial charge on any atom is 0.416 e. The minimum absolute atomic E-state index is 0.0568. The van der Waals surface area contributed by atoms with Gasteiger partial charge in [0, 0.05) is 0 Å². The van der Waals surface area contributed by atoms with Crippen LogP contribution in [0.3, 0.4) is 0 Å². The SMILES string of the molecule is O=c1c2ccccc2ncn1CCOc1cccc(C(F)(F)F)c1. The summed E-state index contributed by atoms with van der Waals surface area (Å²) in [6.45, 7) is 0.244. The number of hydrogen-bond acceptors (Lipinski definition) is 3. The standard InChI is InChI=1S/C17H13F3N2O2/c18-17(19,20)12-4-3-5-13(10-12)24-9-8-22-11-21-15-7-2-1-6-14(15)16(22)23/h1-7,10-11H,8-9H2. The summed E-state index contributed by atoms with van der Waals surface area (Å²) in [6.07, 6.45) is -3.02. The van der Waals surface area contributed by atoms with Crippen LogP contribution in [0.5, 0.6) is 5.75 Å². The topological polar surface area (TPSA) is 44.1 Å². The maximum absolute atomic E-state index is 12.6. The van der Waals surface area contributed by atoms with E-state index in [4.69, 9.17) is 4.74 Å². The number of para-hydroxylation sites is 1. The molecule has 2 aromatic carbocycles. The van der Waals surface area contributed by atoms with Gasteiger partial charge in [-0.3, -0.25) is 9.36 Å². The first-order chi connectivity index (χ1) is 11.4. The van der Waals surface area contributed by atoms with Crippen LogP contribution in [0.15, 0.2) is 59.7 Å². The van der Waals surface area contributed by atoms with Gasteiger partial charge in [0.15, 0.2) is 0 Å². The molecule has 3 aromatic rings. The number of fused-ring (bicyclic) bond motifs is 1. The second-order valence-electron chi connectivity index (χ2n) is 5.13. The van der Waals surface area contributed by atoms with Crippen molar-refractivity contribution in [3.63, 3.8) is 0 Å². The zero-order chi connectivity index (χ0) is 17.2. The monoisotopic (exact) mass is 334 g/mol. The van der Waals surface area contributed by atoms with Gasteiger partial charge in [-0.25, -0.2) is 4.98 Å². The molecule has 0 N–H and O–H groups in total. The number of aromatic nitrogens is 2. The molecule has 24 heavy (non-hydrogen) atoms. The van der Waals surface area contributed by atoms with Crippen LogP contribution in [-0.4, -0.2) is 16.2 Å². The van der Waals surface area contributed by atoms with E-state index in [0.29, 0.717) is 10.9 Å². The molecule has 0 spiro atoms. The highest BCUT2D eigenvalue weighted by atomic mass is 19.4. The van der Waals surface area contributed by atoms with Crippen molar-refractivity contribution in [3.8, 4) is 5.75 Å². The lowest BCUT2D eigenvalue weighted by Crippen LogP contribution is -2.23. The van der Waals surface area contributed by atoms with Crippen LogP contribution in [0.25, 0.3) is 10.9 Å². The lowest BCUT2D eigenvalue weighted by atomic mass is 10.2. The number of alkyl halides is 3. The predicted molar refractivity (Wildman–Crippen MR) is 82.9 cm³/mol. The van der Waals surface area contributed by atoms with Crippen molar-refractivity contribution in [2.24, 2.45) is 0 Å². The van der Waals surface area contributed by atoms with E-state index in [0.717, 1.165) is 12.1 Å². The van der Waals surface area contributed by atoms with Gasteiger partial charge in [-0.05, 0) is 30.3 Å². The fraction of sp³-hybridized carbons (Fsp3) is 0.176. The second kappa shape index (κ2) is 6.35. The van der Waals surface area contributed by atoms with E-state index in [1.54, 1.807) is 24.3 Å².